The number of carboxylic acid groups (broad SMARTS) is 2. The molecular formula is C73H120N4O14S. The number of rotatable bonds is 29. The summed E-state index contributed by atoms with van der Waals surface area (Å²) in [6, 6.07) is 0. The number of hydrogen-bond acceptors (Lipinski definition) is 14. The van der Waals surface area contributed by atoms with Crippen LogP contribution in [-0.4, -0.2) is 118 Å². The summed E-state index contributed by atoms with van der Waals surface area (Å²) in [7, 11) is 0. The highest BCUT2D eigenvalue weighted by atomic mass is 32.2. The molecule has 3 aliphatic rings. The number of allylic oxidation sites excluding steroid dienone is 1. The smallest absolute Gasteiger partial charge is 0.342 e. The van der Waals surface area contributed by atoms with Crippen LogP contribution in [-0.2, 0) is 52.5 Å². The summed E-state index contributed by atoms with van der Waals surface area (Å²) in [5.74, 6) is -5.38. The molecule has 2 fully saturated rings. The average molecular weight is 1310 g/mol. The summed E-state index contributed by atoms with van der Waals surface area (Å²) in [5, 5.41) is 25.3. The molecule has 2 amide bonds. The van der Waals surface area contributed by atoms with E-state index in [1.165, 1.54) is 11.8 Å². The van der Waals surface area contributed by atoms with Gasteiger partial charge in [0.05, 0.1) is 29.1 Å². The molecule has 1 aliphatic heterocycles. The topological polar surface area (TPSA) is 258 Å². The molecule has 0 aromatic carbocycles. The van der Waals surface area contributed by atoms with Crippen LogP contribution in [0.4, 0.5) is 5.82 Å². The Bertz CT molecular complexity index is 2790. The highest BCUT2D eigenvalue weighted by Crippen LogP contribution is 2.53. The molecule has 4 atom stereocenters. The third kappa shape index (κ3) is 19.6. The molecule has 1 aromatic rings. The first-order valence-corrected chi connectivity index (χ1v) is 35.2. The first-order chi connectivity index (χ1) is 42.4. The number of ether oxygens (including phenoxy) is 5. The molecule has 19 heteroatoms. The van der Waals surface area contributed by atoms with E-state index in [1.54, 1.807) is 6.08 Å². The van der Waals surface area contributed by atoms with Crippen molar-refractivity contribution in [2.75, 3.05) is 44.1 Å². The third-order valence-electron chi connectivity index (χ3n) is 20.6. The number of carbonyl (C=O) groups excluding carboxylic acids is 5. The number of aromatic amines is 1. The van der Waals surface area contributed by atoms with Gasteiger partial charge in [-0.2, -0.15) is 0 Å². The van der Waals surface area contributed by atoms with Crippen molar-refractivity contribution in [3.8, 4) is 0 Å². The highest BCUT2D eigenvalue weighted by molar-refractivity contribution is 8.01. The van der Waals surface area contributed by atoms with E-state index in [-0.39, 0.29) is 123 Å². The van der Waals surface area contributed by atoms with Gasteiger partial charge in [-0.15, -0.1) is 11.8 Å². The maximum Gasteiger partial charge on any atom is 0.342 e. The molecule has 0 radical (unpaired) electrons. The summed E-state index contributed by atoms with van der Waals surface area (Å²) in [6.45, 7) is 48.5. The molecule has 2 saturated carbocycles. The average Bonchev–Trinajstić information content (AvgIpc) is 1.39. The van der Waals surface area contributed by atoms with Crippen molar-refractivity contribution in [3.63, 3.8) is 0 Å². The van der Waals surface area contributed by atoms with E-state index in [0.717, 1.165) is 0 Å². The second kappa shape index (κ2) is 32.2. The molecule has 0 bridgehead atoms. The zero-order valence-corrected chi connectivity index (χ0v) is 61.6. The molecule has 522 valence electrons. The van der Waals surface area contributed by atoms with Crippen molar-refractivity contribution in [1.29, 1.82) is 0 Å². The monoisotopic (exact) mass is 1310 g/mol. The molecule has 2 aliphatic carbocycles. The predicted molar refractivity (Wildman–Crippen MR) is 366 cm³/mol. The Morgan fingerprint density at radius 2 is 1.03 bits per heavy atom. The Balaban J connectivity index is 2.09. The lowest BCUT2D eigenvalue weighted by atomic mass is 9.58. The molecule has 5 N–H and O–H groups in total. The lowest BCUT2D eigenvalue weighted by molar-refractivity contribution is -0.167. The summed E-state index contributed by atoms with van der Waals surface area (Å²) in [6.07, 6.45) is 6.04. The number of H-pyrrole nitrogens is 1. The minimum atomic E-state index is -1.05. The Kier molecular flexibility index (Phi) is 27.8. The molecular weight excluding hydrogens is 1190 g/mol. The van der Waals surface area contributed by atoms with Gasteiger partial charge < -0.3 is 49.5 Å². The maximum atomic E-state index is 15.9. The SMILES string of the molecule is CCC(C)(C)C(=O)OCCSC(CC)(CC)C(=O)Nc1[nH]c(C=C2N=C(NC(=O)C(CC)(CC)CC)C(C(=O)OC3C(C(C)(C)C)CC(COCC(=O)O)CC3C(C)(C)C)=C2C(C)C)c(C(C)C)c1C(=O)OC1C(C(C)(C)C)CC(COCC(=O)O)CC1C(C)(C)C. The van der Waals surface area contributed by atoms with Gasteiger partial charge in [-0.1, -0.05) is 152 Å². The standard InChI is InChI=1S/C73H120N4O14S/c1-25-71(23,24)66(86)89-31-32-92-73(29-5,30-6)65(85)77-61-57(63(83)91-59-48(69(17,18)19)35-45(39-88-41-53(80)81)36-49(59)70(20,21)22)55(43(9)10)51(75-61)37-50-54(42(7)8)56(60(74-50)76-64(84)72(26-2,27-3)28-4)62(82)90-58-46(67(11,12)13)33-44(38-87-40-52(78)79)34-47(58)68(14,15)16/h37,42-49,58-59,75H,25-36,38-41H2,1-24H3,(H,77,85)(H,78,79)(H,80,81)(H,74,76,84). The largest absolute Gasteiger partial charge is 0.480 e. The van der Waals surface area contributed by atoms with Gasteiger partial charge in [0.2, 0.25) is 11.8 Å². The van der Waals surface area contributed by atoms with Crippen LogP contribution in [0.15, 0.2) is 21.8 Å². The first-order valence-electron chi connectivity index (χ1n) is 34.2. The van der Waals surface area contributed by atoms with E-state index >= 15 is 14.4 Å². The molecule has 4 rings (SSSR count). The normalized spacial score (nSPS) is 22.6. The minimum Gasteiger partial charge on any atom is -0.480 e. The number of esters is 3. The van der Waals surface area contributed by atoms with E-state index < -0.39 is 70.8 Å². The quantitative estimate of drug-likeness (QED) is 0.0284. The lowest BCUT2D eigenvalue weighted by Crippen LogP contribution is -2.51. The van der Waals surface area contributed by atoms with Crippen molar-refractivity contribution in [2.24, 2.45) is 78.9 Å². The summed E-state index contributed by atoms with van der Waals surface area (Å²) in [5.41, 5.74) is -0.920. The fourth-order valence-corrected chi connectivity index (χ4v) is 15.3. The van der Waals surface area contributed by atoms with Crippen LogP contribution in [0.5, 0.6) is 0 Å². The van der Waals surface area contributed by atoms with Gasteiger partial charge in [0.15, 0.2) is 0 Å². The number of aromatic nitrogens is 1. The maximum absolute atomic E-state index is 15.9. The van der Waals surface area contributed by atoms with Crippen LogP contribution in [0.25, 0.3) is 6.08 Å². The molecule has 18 nitrogen and oxygen atoms in total. The fraction of sp³-hybridized carbons (Fsp3) is 0.781. The van der Waals surface area contributed by atoms with Gasteiger partial charge in [-0.25, -0.2) is 24.2 Å². The number of anilines is 1. The van der Waals surface area contributed by atoms with Gasteiger partial charge in [0, 0.05) is 40.5 Å². The van der Waals surface area contributed by atoms with Crippen molar-refractivity contribution in [2.45, 2.75) is 253 Å². The number of hydrogen-bond donors (Lipinski definition) is 5. The number of carbonyl (C=O) groups is 7. The van der Waals surface area contributed by atoms with E-state index in [4.69, 9.17) is 28.7 Å². The van der Waals surface area contributed by atoms with Crippen LogP contribution >= 0.6 is 11.8 Å². The Morgan fingerprint density at radius 1 is 0.598 bits per heavy atom. The number of amides is 2. The molecule has 4 unspecified atom stereocenters. The van der Waals surface area contributed by atoms with Gasteiger partial charge in [-0.3, -0.25) is 14.4 Å². The van der Waals surface area contributed by atoms with Crippen LogP contribution in [0.1, 0.15) is 258 Å². The molecule has 2 heterocycles. The van der Waals surface area contributed by atoms with Crippen LogP contribution in [0.2, 0.25) is 0 Å². The van der Waals surface area contributed by atoms with E-state index in [2.05, 4.69) is 98.7 Å². The van der Waals surface area contributed by atoms with E-state index in [0.29, 0.717) is 92.5 Å². The van der Waals surface area contributed by atoms with Crippen LogP contribution < -0.4 is 10.6 Å². The number of aliphatic carboxylic acids is 2. The summed E-state index contributed by atoms with van der Waals surface area (Å²) in [4.78, 5) is 107. The number of thioether (sulfide) groups is 1. The van der Waals surface area contributed by atoms with Gasteiger partial charge in [0.1, 0.15) is 54.8 Å². The Morgan fingerprint density at radius 3 is 1.40 bits per heavy atom. The van der Waals surface area contributed by atoms with Crippen LogP contribution in [0.3, 0.4) is 0 Å². The molecule has 1 aromatic heterocycles. The van der Waals surface area contributed by atoms with Crippen molar-refractivity contribution < 1.29 is 67.5 Å². The number of aliphatic imine (C=N–C) groups is 1. The number of carboxylic acids is 2. The second-order valence-corrected chi connectivity index (χ2v) is 33.6. The van der Waals surface area contributed by atoms with Crippen molar-refractivity contribution >= 4 is 71.2 Å². The molecule has 92 heavy (non-hydrogen) atoms. The zero-order valence-electron chi connectivity index (χ0n) is 60.8. The second-order valence-electron chi connectivity index (χ2n) is 32.1. The first kappa shape index (κ1) is 79.4. The summed E-state index contributed by atoms with van der Waals surface area (Å²) >= 11 is 1.39. The highest BCUT2D eigenvalue weighted by Gasteiger charge is 2.52. The third-order valence-corrected chi connectivity index (χ3v) is 22.3. The fourth-order valence-electron chi connectivity index (χ4n) is 14.1. The Labute approximate surface area is 556 Å². The van der Waals surface area contributed by atoms with Gasteiger partial charge in [0.25, 0.3) is 0 Å². The van der Waals surface area contributed by atoms with Crippen molar-refractivity contribution in [3.05, 3.63) is 33.7 Å². The number of nitrogens with zero attached hydrogens (tertiary/aromatic N) is 1. The van der Waals surface area contributed by atoms with E-state index in [1.807, 2.05) is 83.1 Å². The van der Waals surface area contributed by atoms with Crippen molar-refractivity contribution in [1.82, 2.24) is 10.3 Å². The lowest BCUT2D eigenvalue weighted by Gasteiger charge is -2.50. The minimum absolute atomic E-state index is 0.000640. The van der Waals surface area contributed by atoms with Crippen LogP contribution in [0, 0.1) is 73.9 Å². The van der Waals surface area contributed by atoms with E-state index in [9.17, 15) is 29.4 Å². The van der Waals surface area contributed by atoms with Gasteiger partial charge >= 0.3 is 29.8 Å². The summed E-state index contributed by atoms with van der Waals surface area (Å²) < 4.78 is 30.2. The predicted octanol–water partition coefficient (Wildman–Crippen LogP) is 15.5. The number of nitrogens with one attached hydrogen (secondary N) is 3. The zero-order chi connectivity index (χ0) is 70.0. The van der Waals surface area contributed by atoms with Gasteiger partial charge in [-0.05, 0) is 141 Å². The molecule has 0 saturated heterocycles. The molecule has 0 spiro atoms. The Hall–Kier alpha value is -5.01. The number of amidine groups is 1.